The van der Waals surface area contributed by atoms with Crippen LogP contribution in [0.2, 0.25) is 0 Å². The van der Waals surface area contributed by atoms with Crippen molar-refractivity contribution in [2.75, 3.05) is 31.5 Å². The predicted octanol–water partition coefficient (Wildman–Crippen LogP) is 3.60. The molecule has 5 rings (SSSR count). The number of carbonyl (C=O) groups excluding carboxylic acids is 2. The van der Waals surface area contributed by atoms with E-state index in [-0.39, 0.29) is 17.7 Å². The van der Waals surface area contributed by atoms with E-state index in [0.29, 0.717) is 18.7 Å². The Labute approximate surface area is 179 Å². The Kier molecular flexibility index (Phi) is 5.23. The number of nitrogens with zero attached hydrogens (tertiary/aromatic N) is 3. The quantitative estimate of drug-likeness (QED) is 0.685. The predicted molar refractivity (Wildman–Crippen MR) is 119 cm³/mol. The zero-order chi connectivity index (χ0) is 20.5. The molecule has 6 nitrogen and oxygen atoms in total. The van der Waals surface area contributed by atoms with Crippen molar-refractivity contribution in [3.63, 3.8) is 0 Å². The van der Waals surface area contributed by atoms with Crippen LogP contribution < -0.4 is 5.32 Å². The van der Waals surface area contributed by atoms with Crippen molar-refractivity contribution < 1.29 is 9.59 Å². The number of aromatic nitrogens is 1. The van der Waals surface area contributed by atoms with Gasteiger partial charge in [0.05, 0.1) is 16.8 Å². The van der Waals surface area contributed by atoms with Crippen LogP contribution in [0.1, 0.15) is 28.2 Å². The van der Waals surface area contributed by atoms with E-state index >= 15 is 0 Å². The van der Waals surface area contributed by atoms with Crippen LogP contribution in [0.15, 0.2) is 48.5 Å². The number of anilines is 1. The molecule has 7 heteroatoms. The number of piperazine rings is 1. The number of amides is 2. The molecule has 1 aliphatic carbocycles. The van der Waals surface area contributed by atoms with Gasteiger partial charge in [-0.3, -0.25) is 14.5 Å². The number of hydrogen-bond acceptors (Lipinski definition) is 5. The Bertz CT molecular complexity index is 1030. The number of carbonyl (C=O) groups is 2. The van der Waals surface area contributed by atoms with Crippen molar-refractivity contribution in [1.82, 2.24) is 14.8 Å². The minimum atomic E-state index is 0.0507. The number of benzene rings is 2. The highest BCUT2D eigenvalue weighted by Gasteiger charge is 2.29. The summed E-state index contributed by atoms with van der Waals surface area (Å²) >= 11 is 1.74. The minimum Gasteiger partial charge on any atom is -0.336 e. The lowest BCUT2D eigenvalue weighted by molar-refractivity contribution is -0.117. The lowest BCUT2D eigenvalue weighted by Crippen LogP contribution is -2.48. The summed E-state index contributed by atoms with van der Waals surface area (Å²) in [7, 11) is 0. The molecule has 3 aromatic rings. The van der Waals surface area contributed by atoms with Gasteiger partial charge in [0, 0.05) is 43.3 Å². The summed E-state index contributed by atoms with van der Waals surface area (Å²) < 4.78 is 1.22. The Balaban J connectivity index is 1.14. The van der Waals surface area contributed by atoms with Crippen LogP contribution in [0.5, 0.6) is 0 Å². The van der Waals surface area contributed by atoms with Gasteiger partial charge in [0.2, 0.25) is 5.91 Å². The molecular formula is C23H24N4O2S. The summed E-state index contributed by atoms with van der Waals surface area (Å²) in [6.45, 7) is 3.94. The molecule has 2 heterocycles. The van der Waals surface area contributed by atoms with Gasteiger partial charge in [-0.25, -0.2) is 4.98 Å². The topological polar surface area (TPSA) is 65.5 Å². The number of hydrogen-bond donors (Lipinski definition) is 1. The molecule has 154 valence electrons. The van der Waals surface area contributed by atoms with E-state index in [0.717, 1.165) is 48.7 Å². The van der Waals surface area contributed by atoms with Gasteiger partial charge in [0.15, 0.2) is 0 Å². The fourth-order valence-electron chi connectivity index (χ4n) is 3.76. The van der Waals surface area contributed by atoms with Gasteiger partial charge in [-0.05, 0) is 49.2 Å². The summed E-state index contributed by atoms with van der Waals surface area (Å²) in [4.78, 5) is 33.7. The van der Waals surface area contributed by atoms with Crippen LogP contribution in [0.3, 0.4) is 0 Å². The maximum Gasteiger partial charge on any atom is 0.253 e. The molecule has 1 saturated carbocycles. The normalized spacial score (nSPS) is 17.3. The van der Waals surface area contributed by atoms with E-state index in [1.54, 1.807) is 23.5 Å². The lowest BCUT2D eigenvalue weighted by Gasteiger charge is -2.34. The molecule has 0 spiro atoms. The first kappa shape index (κ1) is 19.2. The molecule has 1 N–H and O–H groups in total. The maximum absolute atomic E-state index is 12.8. The fourth-order valence-corrected chi connectivity index (χ4v) is 4.77. The number of nitrogens with one attached hydrogen (secondary N) is 1. The van der Waals surface area contributed by atoms with Gasteiger partial charge < -0.3 is 10.2 Å². The standard InChI is InChI=1S/C23H24N4O2S/c28-22(16-5-6-16)24-18-9-7-17(8-10-18)23(29)27-13-11-26(12-14-27)15-21-25-19-3-1-2-4-20(19)30-21/h1-4,7-10,16H,5-6,11-15H2,(H,24,28). The van der Waals surface area contributed by atoms with Gasteiger partial charge in [0.1, 0.15) is 5.01 Å². The first-order valence-corrected chi connectivity index (χ1v) is 11.2. The fraction of sp³-hybridized carbons (Fsp3) is 0.348. The highest BCUT2D eigenvalue weighted by atomic mass is 32.1. The average molecular weight is 421 g/mol. The molecule has 2 amide bonds. The van der Waals surface area contributed by atoms with E-state index in [2.05, 4.69) is 22.3 Å². The van der Waals surface area contributed by atoms with E-state index in [9.17, 15) is 9.59 Å². The largest absolute Gasteiger partial charge is 0.336 e. The molecule has 2 aliphatic rings. The zero-order valence-electron chi connectivity index (χ0n) is 16.7. The molecule has 0 radical (unpaired) electrons. The van der Waals surface area contributed by atoms with Crippen LogP contribution in [0.25, 0.3) is 10.2 Å². The molecule has 0 bridgehead atoms. The number of thiazole rings is 1. The van der Waals surface area contributed by atoms with Gasteiger partial charge in [-0.15, -0.1) is 11.3 Å². The minimum absolute atomic E-state index is 0.0507. The third-order valence-corrected chi connectivity index (χ3v) is 6.73. The number of fused-ring (bicyclic) bond motifs is 1. The van der Waals surface area contributed by atoms with E-state index in [4.69, 9.17) is 4.98 Å². The zero-order valence-corrected chi connectivity index (χ0v) is 17.5. The Morgan fingerprint density at radius 3 is 2.43 bits per heavy atom. The Hall–Kier alpha value is -2.77. The first-order chi connectivity index (χ1) is 14.7. The highest BCUT2D eigenvalue weighted by Crippen LogP contribution is 2.30. The smallest absolute Gasteiger partial charge is 0.253 e. The molecule has 1 aromatic heterocycles. The summed E-state index contributed by atoms with van der Waals surface area (Å²) in [6.07, 6.45) is 1.96. The van der Waals surface area contributed by atoms with Crippen molar-refractivity contribution in [3.8, 4) is 0 Å². The SMILES string of the molecule is O=C(Nc1ccc(C(=O)N2CCN(Cc3nc4ccccc4s3)CC2)cc1)C1CC1. The number of para-hydroxylation sites is 1. The van der Waals surface area contributed by atoms with E-state index in [1.165, 1.54) is 4.70 Å². The van der Waals surface area contributed by atoms with Crippen LogP contribution in [-0.2, 0) is 11.3 Å². The molecule has 1 saturated heterocycles. The van der Waals surface area contributed by atoms with E-state index in [1.807, 2.05) is 29.2 Å². The van der Waals surface area contributed by atoms with Gasteiger partial charge in [0.25, 0.3) is 5.91 Å². The van der Waals surface area contributed by atoms with Gasteiger partial charge >= 0.3 is 0 Å². The second kappa shape index (κ2) is 8.16. The third kappa shape index (κ3) is 4.22. The van der Waals surface area contributed by atoms with Gasteiger partial charge in [-0.2, -0.15) is 0 Å². The van der Waals surface area contributed by atoms with Crippen molar-refractivity contribution in [3.05, 3.63) is 59.1 Å². The van der Waals surface area contributed by atoms with Crippen LogP contribution in [0, 0.1) is 5.92 Å². The molecule has 1 aliphatic heterocycles. The molecule has 2 fully saturated rings. The maximum atomic E-state index is 12.8. The van der Waals surface area contributed by atoms with Crippen LogP contribution in [0.4, 0.5) is 5.69 Å². The van der Waals surface area contributed by atoms with Crippen molar-refractivity contribution in [2.45, 2.75) is 19.4 Å². The summed E-state index contributed by atoms with van der Waals surface area (Å²) in [5.41, 5.74) is 2.48. The Morgan fingerprint density at radius 1 is 1.00 bits per heavy atom. The molecule has 0 atom stereocenters. The van der Waals surface area contributed by atoms with Crippen molar-refractivity contribution in [1.29, 1.82) is 0 Å². The van der Waals surface area contributed by atoms with Crippen LogP contribution >= 0.6 is 11.3 Å². The third-order valence-electron chi connectivity index (χ3n) is 5.70. The first-order valence-electron chi connectivity index (χ1n) is 10.4. The number of rotatable bonds is 5. The van der Waals surface area contributed by atoms with Gasteiger partial charge in [-0.1, -0.05) is 12.1 Å². The highest BCUT2D eigenvalue weighted by molar-refractivity contribution is 7.18. The summed E-state index contributed by atoms with van der Waals surface area (Å²) in [5.74, 6) is 0.304. The molecular weight excluding hydrogens is 396 g/mol. The summed E-state index contributed by atoms with van der Waals surface area (Å²) in [6, 6.07) is 15.5. The van der Waals surface area contributed by atoms with Crippen LogP contribution in [-0.4, -0.2) is 52.8 Å². The second-order valence-electron chi connectivity index (χ2n) is 7.98. The second-order valence-corrected chi connectivity index (χ2v) is 9.10. The molecule has 30 heavy (non-hydrogen) atoms. The lowest BCUT2D eigenvalue weighted by atomic mass is 10.1. The monoisotopic (exact) mass is 420 g/mol. The summed E-state index contributed by atoms with van der Waals surface area (Å²) in [5, 5.41) is 4.04. The Morgan fingerprint density at radius 2 is 1.73 bits per heavy atom. The average Bonchev–Trinajstić information content (AvgIpc) is 3.54. The molecule has 2 aromatic carbocycles. The van der Waals surface area contributed by atoms with Crippen molar-refractivity contribution in [2.24, 2.45) is 5.92 Å². The van der Waals surface area contributed by atoms with E-state index < -0.39 is 0 Å². The molecule has 0 unspecified atom stereocenters. The van der Waals surface area contributed by atoms with Crippen molar-refractivity contribution >= 4 is 39.1 Å².